The molecule has 0 amide bonds. The molecule has 0 N–H and O–H groups in total. The van der Waals surface area contributed by atoms with E-state index in [4.69, 9.17) is 0 Å². The number of hydrogen-bond acceptors (Lipinski definition) is 4. The predicted octanol–water partition coefficient (Wildman–Crippen LogP) is 4.79. The molecule has 3 aromatic rings. The van der Waals surface area contributed by atoms with Crippen molar-refractivity contribution < 1.29 is 18.3 Å². The molecule has 1 aromatic carbocycles. The lowest BCUT2D eigenvalue weighted by Gasteiger charge is -2.12. The van der Waals surface area contributed by atoms with Crippen molar-refractivity contribution in [2.75, 3.05) is 0 Å². The molecule has 0 spiro atoms. The van der Waals surface area contributed by atoms with Crippen LogP contribution < -0.4 is 4.74 Å². The van der Waals surface area contributed by atoms with Gasteiger partial charge in [0.2, 0.25) is 0 Å². The van der Waals surface area contributed by atoms with Gasteiger partial charge in [-0.15, -0.1) is 0 Å². The molecule has 148 valence electrons. The molecule has 0 saturated carbocycles. The molecular formula is C20H21F2N3O2S. The van der Waals surface area contributed by atoms with Gasteiger partial charge in [0.25, 0.3) is 0 Å². The van der Waals surface area contributed by atoms with Crippen LogP contribution in [0.25, 0.3) is 5.69 Å². The molecule has 0 radical (unpaired) electrons. The summed E-state index contributed by atoms with van der Waals surface area (Å²) in [7, 11) is 1.89. The van der Waals surface area contributed by atoms with Crippen molar-refractivity contribution in [2.24, 2.45) is 7.05 Å². The fraction of sp³-hybridized carbons (Fsp3) is 0.300. The Kier molecular flexibility index (Phi) is 5.88. The second kappa shape index (κ2) is 8.18. The molecule has 0 saturated heterocycles. The van der Waals surface area contributed by atoms with E-state index in [1.165, 1.54) is 23.9 Å². The number of ketones is 1. The van der Waals surface area contributed by atoms with E-state index in [9.17, 15) is 13.6 Å². The van der Waals surface area contributed by atoms with Crippen molar-refractivity contribution >= 4 is 17.5 Å². The van der Waals surface area contributed by atoms with Crippen LogP contribution in [0.15, 0.2) is 47.9 Å². The molecular weight excluding hydrogens is 384 g/mol. The van der Waals surface area contributed by atoms with Gasteiger partial charge in [-0.2, -0.15) is 8.78 Å². The maximum absolute atomic E-state index is 13.0. The van der Waals surface area contributed by atoms with Crippen molar-refractivity contribution in [3.63, 3.8) is 0 Å². The Bertz CT molecular complexity index is 980. The largest absolute Gasteiger partial charge is 0.435 e. The number of thioether (sulfide) groups is 1. The normalized spacial score (nSPS) is 12.4. The smallest absolute Gasteiger partial charge is 0.387 e. The maximum atomic E-state index is 13.0. The van der Waals surface area contributed by atoms with Crippen molar-refractivity contribution in [1.82, 2.24) is 14.1 Å². The van der Waals surface area contributed by atoms with Crippen molar-refractivity contribution in [2.45, 2.75) is 37.8 Å². The molecule has 0 bridgehead atoms. The minimum absolute atomic E-state index is 0.0185. The Balaban J connectivity index is 1.85. The zero-order valence-electron chi connectivity index (χ0n) is 16.0. The van der Waals surface area contributed by atoms with E-state index in [0.717, 1.165) is 22.2 Å². The number of Topliss-reactive ketones (excluding diaryl/α,β-unsaturated/α-hetero) is 1. The number of nitrogens with zero attached hydrogens (tertiary/aromatic N) is 3. The van der Waals surface area contributed by atoms with Crippen LogP contribution in [0.5, 0.6) is 5.75 Å². The Morgan fingerprint density at radius 2 is 1.89 bits per heavy atom. The lowest BCUT2D eigenvalue weighted by molar-refractivity contribution is -0.0498. The van der Waals surface area contributed by atoms with Crippen LogP contribution in [-0.2, 0) is 7.05 Å². The summed E-state index contributed by atoms with van der Waals surface area (Å²) in [5, 5.41) is 0.487. The Hall–Kier alpha value is -2.61. The number of benzene rings is 1. The molecule has 0 aliphatic carbocycles. The highest BCUT2D eigenvalue weighted by molar-refractivity contribution is 8.00. The summed E-state index contributed by atoms with van der Waals surface area (Å²) in [6, 6.07) is 8.22. The molecule has 8 heteroatoms. The first-order valence-electron chi connectivity index (χ1n) is 8.70. The standard InChI is InChI=1S/C20H21F2N3O2S/c1-12-11-17(18(26)14(3)28-20-23-9-10-24(20)4)13(2)25(12)15-5-7-16(8-6-15)27-19(21)22/h5-11,14,19H,1-4H3. The summed E-state index contributed by atoms with van der Waals surface area (Å²) in [6.07, 6.45) is 3.54. The summed E-state index contributed by atoms with van der Waals surface area (Å²) in [5.74, 6) is 0.114. The SMILES string of the molecule is Cc1cc(C(=O)C(C)Sc2nccn2C)c(C)n1-c1ccc(OC(F)F)cc1. The fourth-order valence-corrected chi connectivity index (χ4v) is 3.98. The van der Waals surface area contributed by atoms with Crippen molar-refractivity contribution in [1.29, 1.82) is 0 Å². The second-order valence-corrected chi connectivity index (χ2v) is 7.75. The molecule has 0 fully saturated rings. The Labute approximate surface area is 166 Å². The van der Waals surface area contributed by atoms with Gasteiger partial charge in [0.05, 0.1) is 5.25 Å². The van der Waals surface area contributed by atoms with Gasteiger partial charge in [-0.3, -0.25) is 4.79 Å². The van der Waals surface area contributed by atoms with E-state index < -0.39 is 6.61 Å². The summed E-state index contributed by atoms with van der Waals surface area (Å²) >= 11 is 1.41. The third-order valence-corrected chi connectivity index (χ3v) is 5.62. The van der Waals surface area contributed by atoms with E-state index in [2.05, 4.69) is 9.72 Å². The van der Waals surface area contributed by atoms with Crippen molar-refractivity contribution in [3.8, 4) is 11.4 Å². The molecule has 2 aromatic heterocycles. The first kappa shape index (κ1) is 20.1. The van der Waals surface area contributed by atoms with Gasteiger partial charge in [-0.25, -0.2) is 4.98 Å². The highest BCUT2D eigenvalue weighted by Crippen LogP contribution is 2.28. The fourth-order valence-electron chi connectivity index (χ4n) is 3.08. The van der Waals surface area contributed by atoms with Gasteiger partial charge < -0.3 is 13.9 Å². The van der Waals surface area contributed by atoms with Crippen LogP contribution in [0.2, 0.25) is 0 Å². The number of rotatable bonds is 7. The highest BCUT2D eigenvalue weighted by atomic mass is 32.2. The number of imidazole rings is 1. The summed E-state index contributed by atoms with van der Waals surface area (Å²) in [4.78, 5) is 17.3. The van der Waals surface area contributed by atoms with Gasteiger partial charge in [0.15, 0.2) is 10.9 Å². The average Bonchev–Trinajstić information content (AvgIpc) is 3.17. The van der Waals surface area contributed by atoms with E-state index in [1.807, 2.05) is 49.2 Å². The number of ether oxygens (including phenoxy) is 1. The van der Waals surface area contributed by atoms with E-state index in [-0.39, 0.29) is 16.8 Å². The Morgan fingerprint density at radius 1 is 1.21 bits per heavy atom. The third-order valence-electron chi connectivity index (χ3n) is 4.45. The lowest BCUT2D eigenvalue weighted by Crippen LogP contribution is -2.15. The quantitative estimate of drug-likeness (QED) is 0.419. The number of aryl methyl sites for hydroxylation is 2. The number of halogens is 2. The second-order valence-electron chi connectivity index (χ2n) is 6.44. The van der Waals surface area contributed by atoms with Crippen LogP contribution in [0, 0.1) is 13.8 Å². The van der Waals surface area contributed by atoms with Crippen LogP contribution in [0.3, 0.4) is 0 Å². The van der Waals surface area contributed by atoms with Gasteiger partial charge in [0.1, 0.15) is 5.75 Å². The van der Waals surface area contributed by atoms with E-state index >= 15 is 0 Å². The summed E-state index contributed by atoms with van der Waals surface area (Å²) in [5.41, 5.74) is 3.11. The predicted molar refractivity (Wildman–Crippen MR) is 105 cm³/mol. The first-order chi connectivity index (χ1) is 13.3. The minimum Gasteiger partial charge on any atom is -0.435 e. The van der Waals surface area contributed by atoms with Crippen LogP contribution in [0.1, 0.15) is 28.7 Å². The third kappa shape index (κ3) is 4.11. The molecule has 3 rings (SSSR count). The van der Waals surface area contributed by atoms with E-state index in [1.54, 1.807) is 18.3 Å². The van der Waals surface area contributed by atoms with Crippen LogP contribution in [0.4, 0.5) is 8.78 Å². The zero-order valence-corrected chi connectivity index (χ0v) is 16.8. The van der Waals surface area contributed by atoms with Gasteiger partial charge >= 0.3 is 6.61 Å². The topological polar surface area (TPSA) is 49.0 Å². The first-order valence-corrected chi connectivity index (χ1v) is 9.58. The van der Waals surface area contributed by atoms with Gasteiger partial charge in [0, 0.05) is 42.1 Å². The molecule has 1 atom stereocenters. The summed E-state index contributed by atoms with van der Waals surface area (Å²) in [6.45, 7) is 2.79. The van der Waals surface area contributed by atoms with Gasteiger partial charge in [-0.1, -0.05) is 11.8 Å². The molecule has 28 heavy (non-hydrogen) atoms. The molecule has 0 aliphatic heterocycles. The molecule has 2 heterocycles. The Morgan fingerprint density at radius 3 is 2.46 bits per heavy atom. The average molecular weight is 405 g/mol. The molecule has 5 nitrogen and oxygen atoms in total. The van der Waals surface area contributed by atoms with Crippen LogP contribution >= 0.6 is 11.8 Å². The number of alkyl halides is 2. The van der Waals surface area contributed by atoms with E-state index in [0.29, 0.717) is 5.56 Å². The number of carbonyl (C=O) groups is 1. The monoisotopic (exact) mass is 405 g/mol. The number of hydrogen-bond donors (Lipinski definition) is 0. The number of carbonyl (C=O) groups excluding carboxylic acids is 1. The minimum atomic E-state index is -2.86. The van der Waals surface area contributed by atoms with Crippen molar-refractivity contribution in [3.05, 3.63) is 59.7 Å². The highest BCUT2D eigenvalue weighted by Gasteiger charge is 2.23. The summed E-state index contributed by atoms with van der Waals surface area (Å²) < 4.78 is 32.9. The molecule has 1 unspecified atom stereocenters. The van der Waals surface area contributed by atoms with Crippen LogP contribution in [-0.4, -0.2) is 31.8 Å². The maximum Gasteiger partial charge on any atom is 0.387 e. The van der Waals surface area contributed by atoms with Gasteiger partial charge in [-0.05, 0) is 51.1 Å². The molecule has 0 aliphatic rings. The lowest BCUT2D eigenvalue weighted by atomic mass is 10.1. The number of aromatic nitrogens is 3. The zero-order chi connectivity index (χ0) is 20.4.